The molecule has 20 heavy (non-hydrogen) atoms. The third-order valence-corrected chi connectivity index (χ3v) is 6.45. The maximum absolute atomic E-state index is 12.5. The van der Waals surface area contributed by atoms with Gasteiger partial charge < -0.3 is 5.73 Å². The summed E-state index contributed by atoms with van der Waals surface area (Å²) in [6.07, 6.45) is 1.83. The molecule has 0 bridgehead atoms. The monoisotopic (exact) mass is 318 g/mol. The van der Waals surface area contributed by atoms with Crippen LogP contribution in [0.15, 0.2) is 28.0 Å². The van der Waals surface area contributed by atoms with Crippen molar-refractivity contribution in [1.82, 2.24) is 4.31 Å². The minimum atomic E-state index is -3.74. The average molecular weight is 318 g/mol. The predicted molar refractivity (Wildman–Crippen MR) is 76.5 cm³/mol. The molecule has 8 heteroatoms. The Morgan fingerprint density at radius 3 is 2.40 bits per heavy atom. The minimum Gasteiger partial charge on any atom is -0.398 e. The largest absolute Gasteiger partial charge is 0.398 e. The Bertz CT molecular complexity index is 726. The highest BCUT2D eigenvalue weighted by Crippen LogP contribution is 2.29. The van der Waals surface area contributed by atoms with Gasteiger partial charge in [0.1, 0.15) is 4.90 Å². The van der Waals surface area contributed by atoms with Gasteiger partial charge in [0.05, 0.1) is 10.6 Å². The van der Waals surface area contributed by atoms with Crippen molar-refractivity contribution in [2.45, 2.75) is 23.1 Å². The van der Waals surface area contributed by atoms with E-state index >= 15 is 0 Å². The number of sulfone groups is 1. The number of sulfonamides is 1. The fourth-order valence-corrected chi connectivity index (χ4v) is 4.66. The van der Waals surface area contributed by atoms with Gasteiger partial charge in [-0.1, -0.05) is 6.92 Å². The Kier molecular flexibility index (Phi) is 3.83. The lowest BCUT2D eigenvalue weighted by atomic mass is 10.2. The maximum Gasteiger partial charge on any atom is 0.245 e. The van der Waals surface area contributed by atoms with Crippen molar-refractivity contribution in [3.63, 3.8) is 0 Å². The summed E-state index contributed by atoms with van der Waals surface area (Å²) >= 11 is 0. The van der Waals surface area contributed by atoms with Gasteiger partial charge in [0.25, 0.3) is 0 Å². The molecule has 1 fully saturated rings. The number of nitrogens with two attached hydrogens (primary N) is 1. The highest BCUT2D eigenvalue weighted by atomic mass is 32.2. The van der Waals surface area contributed by atoms with Crippen LogP contribution in [0.5, 0.6) is 0 Å². The van der Waals surface area contributed by atoms with E-state index in [4.69, 9.17) is 5.73 Å². The minimum absolute atomic E-state index is 0.0440. The molecule has 0 aromatic heterocycles. The molecule has 1 saturated heterocycles. The summed E-state index contributed by atoms with van der Waals surface area (Å²) in [5.41, 5.74) is 5.79. The Balaban J connectivity index is 2.52. The lowest BCUT2D eigenvalue weighted by molar-refractivity contribution is 0.464. The molecule has 0 radical (unpaired) electrons. The van der Waals surface area contributed by atoms with Gasteiger partial charge in [0.15, 0.2) is 9.84 Å². The summed E-state index contributed by atoms with van der Waals surface area (Å²) in [5.74, 6) is 0.295. The molecule has 2 rings (SSSR count). The molecule has 1 aliphatic rings. The zero-order chi connectivity index (χ0) is 15.1. The van der Waals surface area contributed by atoms with E-state index in [2.05, 4.69) is 0 Å². The van der Waals surface area contributed by atoms with Crippen LogP contribution in [0.25, 0.3) is 0 Å². The average Bonchev–Trinajstić information content (AvgIpc) is 2.75. The number of hydrogen-bond acceptors (Lipinski definition) is 5. The molecule has 1 aliphatic heterocycles. The molecule has 0 aliphatic carbocycles. The molecule has 6 nitrogen and oxygen atoms in total. The molecule has 112 valence electrons. The number of anilines is 1. The molecule has 1 aromatic carbocycles. The number of nitrogens with zero attached hydrogens (tertiary/aromatic N) is 1. The van der Waals surface area contributed by atoms with Gasteiger partial charge in [-0.2, -0.15) is 4.31 Å². The Hall–Kier alpha value is -1.12. The lowest BCUT2D eigenvalue weighted by Gasteiger charge is -2.17. The molecule has 0 saturated carbocycles. The Morgan fingerprint density at radius 1 is 1.25 bits per heavy atom. The SMILES string of the molecule is CC1CCN(S(=O)(=O)c2cc(S(C)(=O)=O)ccc2N)C1. The third-order valence-electron chi connectivity index (χ3n) is 3.42. The summed E-state index contributed by atoms with van der Waals surface area (Å²) in [7, 11) is -7.22. The number of hydrogen-bond donors (Lipinski definition) is 1. The van der Waals surface area contributed by atoms with Gasteiger partial charge in [0, 0.05) is 19.3 Å². The second-order valence-electron chi connectivity index (χ2n) is 5.23. The van der Waals surface area contributed by atoms with Gasteiger partial charge in [0.2, 0.25) is 10.0 Å². The molecular formula is C12H18N2O4S2. The first-order chi connectivity index (χ1) is 9.12. The van der Waals surface area contributed by atoms with E-state index in [1.165, 1.54) is 16.4 Å². The standard InChI is InChI=1S/C12H18N2O4S2/c1-9-5-6-14(8-9)20(17,18)12-7-10(19(2,15)16)3-4-11(12)13/h3-4,7,9H,5-6,8,13H2,1-2H3. The first kappa shape index (κ1) is 15.3. The van der Waals surface area contributed by atoms with Crippen LogP contribution in [-0.2, 0) is 19.9 Å². The van der Waals surface area contributed by atoms with Crippen LogP contribution in [-0.4, -0.2) is 40.5 Å². The third kappa shape index (κ3) is 2.82. The molecular weight excluding hydrogens is 300 g/mol. The van der Waals surface area contributed by atoms with Gasteiger partial charge in [-0.05, 0) is 30.5 Å². The van der Waals surface area contributed by atoms with Gasteiger partial charge in [-0.3, -0.25) is 0 Å². The lowest BCUT2D eigenvalue weighted by Crippen LogP contribution is -2.29. The summed E-state index contributed by atoms with van der Waals surface area (Å²) in [4.78, 5) is -0.174. The summed E-state index contributed by atoms with van der Waals surface area (Å²) in [5, 5.41) is 0. The van der Waals surface area contributed by atoms with Crippen molar-refractivity contribution in [2.75, 3.05) is 25.1 Å². The van der Waals surface area contributed by atoms with Crippen molar-refractivity contribution >= 4 is 25.5 Å². The van der Waals surface area contributed by atoms with Crippen LogP contribution in [0.3, 0.4) is 0 Å². The van der Waals surface area contributed by atoms with Crippen LogP contribution < -0.4 is 5.73 Å². The van der Waals surface area contributed by atoms with E-state index in [1.807, 2.05) is 6.92 Å². The summed E-state index contributed by atoms with van der Waals surface area (Å²) < 4.78 is 49.5. The van der Waals surface area contributed by atoms with Crippen molar-refractivity contribution in [3.05, 3.63) is 18.2 Å². The topological polar surface area (TPSA) is 97.5 Å². The van der Waals surface area contributed by atoms with E-state index in [9.17, 15) is 16.8 Å². The highest BCUT2D eigenvalue weighted by molar-refractivity contribution is 7.91. The maximum atomic E-state index is 12.5. The van der Waals surface area contributed by atoms with Crippen LogP contribution >= 0.6 is 0 Å². The normalized spacial score (nSPS) is 21.2. The zero-order valence-electron chi connectivity index (χ0n) is 11.4. The van der Waals surface area contributed by atoms with E-state index in [0.29, 0.717) is 19.0 Å². The zero-order valence-corrected chi connectivity index (χ0v) is 13.0. The molecule has 1 unspecified atom stereocenters. The molecule has 0 amide bonds. The molecule has 0 spiro atoms. The van der Waals surface area contributed by atoms with Crippen LogP contribution in [0.1, 0.15) is 13.3 Å². The highest BCUT2D eigenvalue weighted by Gasteiger charge is 2.32. The Labute approximate surface area is 119 Å². The van der Waals surface area contributed by atoms with E-state index in [1.54, 1.807) is 0 Å². The number of rotatable bonds is 3. The van der Waals surface area contributed by atoms with Crippen LogP contribution in [0, 0.1) is 5.92 Å². The van der Waals surface area contributed by atoms with E-state index in [0.717, 1.165) is 18.7 Å². The molecule has 1 heterocycles. The second kappa shape index (κ2) is 5.01. The molecule has 1 atom stereocenters. The van der Waals surface area contributed by atoms with Crippen molar-refractivity contribution in [1.29, 1.82) is 0 Å². The fourth-order valence-electron chi connectivity index (χ4n) is 2.22. The smallest absolute Gasteiger partial charge is 0.245 e. The quantitative estimate of drug-likeness (QED) is 0.827. The van der Waals surface area contributed by atoms with Crippen molar-refractivity contribution < 1.29 is 16.8 Å². The fraction of sp³-hybridized carbons (Fsp3) is 0.500. The number of benzene rings is 1. The molecule has 2 N–H and O–H groups in total. The van der Waals surface area contributed by atoms with Gasteiger partial charge in [-0.25, -0.2) is 16.8 Å². The second-order valence-corrected chi connectivity index (χ2v) is 9.15. The van der Waals surface area contributed by atoms with E-state index in [-0.39, 0.29) is 15.5 Å². The first-order valence-electron chi connectivity index (χ1n) is 6.22. The van der Waals surface area contributed by atoms with Gasteiger partial charge >= 0.3 is 0 Å². The van der Waals surface area contributed by atoms with E-state index < -0.39 is 19.9 Å². The van der Waals surface area contributed by atoms with Crippen molar-refractivity contribution in [2.24, 2.45) is 5.92 Å². The Morgan fingerprint density at radius 2 is 1.90 bits per heavy atom. The van der Waals surface area contributed by atoms with Crippen molar-refractivity contribution in [3.8, 4) is 0 Å². The first-order valence-corrected chi connectivity index (χ1v) is 9.55. The predicted octanol–water partition coefficient (Wildman–Crippen LogP) is 0.703. The van der Waals surface area contributed by atoms with Crippen LogP contribution in [0.4, 0.5) is 5.69 Å². The molecule has 1 aromatic rings. The number of nitrogen functional groups attached to an aromatic ring is 1. The van der Waals surface area contributed by atoms with Crippen LogP contribution in [0.2, 0.25) is 0 Å². The van der Waals surface area contributed by atoms with Gasteiger partial charge in [-0.15, -0.1) is 0 Å². The summed E-state index contributed by atoms with van der Waals surface area (Å²) in [6, 6.07) is 3.78. The summed E-state index contributed by atoms with van der Waals surface area (Å²) in [6.45, 7) is 2.85.